The minimum atomic E-state index is -1.07. The summed E-state index contributed by atoms with van der Waals surface area (Å²) in [5.74, 6) is 20.3. The topological polar surface area (TPSA) is 338 Å². The third-order valence-electron chi connectivity index (χ3n) is 47.6. The molecule has 146 heavy (non-hydrogen) atoms. The molecule has 0 bridgehead atoms. The Morgan fingerprint density at radius 3 is 1.00 bits per heavy atom. The van der Waals surface area contributed by atoms with Gasteiger partial charge in [0.15, 0.2) is 11.6 Å². The number of Topliss-reactive ketones (excluding diaryl/α,β-unsaturated/α-hetero) is 1. The van der Waals surface area contributed by atoms with Crippen molar-refractivity contribution in [2.45, 2.75) is 476 Å². The van der Waals surface area contributed by atoms with Crippen LogP contribution in [0.5, 0.6) is 0 Å². The molecule has 15 N–H and O–H groups in total. The van der Waals surface area contributed by atoms with E-state index in [-0.39, 0.29) is 204 Å². The number of fused-ring (bicyclic) bond motifs is 23. The van der Waals surface area contributed by atoms with Crippen molar-refractivity contribution in [2.75, 3.05) is 52.7 Å². The van der Waals surface area contributed by atoms with Gasteiger partial charge in [-0.15, -0.1) is 25.7 Å². The van der Waals surface area contributed by atoms with Crippen molar-refractivity contribution in [3.8, 4) is 55.8 Å². The van der Waals surface area contributed by atoms with Crippen LogP contribution >= 0.6 is 0 Å². The summed E-state index contributed by atoms with van der Waals surface area (Å²) in [4.78, 5) is 12.8. The van der Waals surface area contributed by atoms with E-state index in [0.717, 1.165) is 166 Å². The largest absolute Gasteiger partial charge is 1.00 e. The number of ketones is 1. The minimum Gasteiger partial charge on any atom is -0.697 e. The van der Waals surface area contributed by atoms with Crippen molar-refractivity contribution < 1.29 is 104 Å². The zero-order valence-electron chi connectivity index (χ0n) is 91.1. The van der Waals surface area contributed by atoms with Gasteiger partial charge in [-0.05, 0) is 402 Å². The average Bonchev–Trinajstić information content (AvgIpc) is 1.47. The van der Waals surface area contributed by atoms with Gasteiger partial charge >= 0.3 is 18.9 Å². The maximum Gasteiger partial charge on any atom is 1.00 e. The average molecular weight is 2040 g/mol. The summed E-state index contributed by atoms with van der Waals surface area (Å²) in [6.07, 6.45) is 68.7. The van der Waals surface area contributed by atoms with E-state index in [0.29, 0.717) is 138 Å². The van der Waals surface area contributed by atoms with E-state index < -0.39 is 46.2 Å². The van der Waals surface area contributed by atoms with Crippen LogP contribution in [0.3, 0.4) is 0 Å². The maximum atomic E-state index is 12.8. The fourth-order valence-corrected chi connectivity index (χ4v) is 38.8. The van der Waals surface area contributed by atoms with Crippen LogP contribution in [0.4, 0.5) is 0 Å². The summed E-state index contributed by atoms with van der Waals surface area (Å²) in [6, 6.07) is 0. The first-order valence-electron chi connectivity index (χ1n) is 56.6. The molecule has 0 spiro atoms. The van der Waals surface area contributed by atoms with E-state index in [9.17, 15) is 61.0 Å². The third kappa shape index (κ3) is 21.4. The summed E-state index contributed by atoms with van der Waals surface area (Å²) in [7, 11) is 0. The first kappa shape index (κ1) is 128. The molecular formula is C126H215LiN2O17. The van der Waals surface area contributed by atoms with Crippen molar-refractivity contribution in [3.63, 3.8) is 0 Å². The Balaban J connectivity index is 0.000000215. The molecule has 18 aliphatic carbocycles. The van der Waals surface area contributed by atoms with Gasteiger partial charge in [-0.25, -0.2) is 0 Å². The predicted octanol–water partition coefficient (Wildman–Crippen LogP) is 18.0. The molecule has 21 aliphatic rings. The Bertz CT molecular complexity index is 4320. The van der Waals surface area contributed by atoms with E-state index in [2.05, 4.69) is 155 Å². The molecule has 3 saturated heterocycles. The van der Waals surface area contributed by atoms with Gasteiger partial charge in [0.2, 0.25) is 0 Å². The summed E-state index contributed by atoms with van der Waals surface area (Å²) in [5, 5.41) is 117. The normalized spacial score (nSPS) is 51.4. The Kier molecular flexibility index (Phi) is 42.3. The minimum absolute atomic E-state index is 0. The molecule has 3 heterocycles. The van der Waals surface area contributed by atoms with Crippen LogP contribution in [0.2, 0.25) is 0 Å². The second kappa shape index (κ2) is 48.0. The van der Waals surface area contributed by atoms with Crippen LogP contribution in [-0.4, -0.2) is 191 Å². The predicted molar refractivity (Wildman–Crippen MR) is 583 cm³/mol. The van der Waals surface area contributed by atoms with Crippen LogP contribution in [0, 0.1) is 258 Å². The van der Waals surface area contributed by atoms with Gasteiger partial charge in [-0.3, -0.25) is 4.79 Å². The standard InChI is InChI=1S/C25H38O3.C23H36O3.C22H34O3.C22H36O3.C21H34O4.C4H8O.C2H8N2.C2H.5CH4.Li/c1-7-25(26)13-10-17-19-16(9-12-24(17,25)6)23(5)11-8-15(2)14-18(23)20-21(19)28-22(3,4)27-20;1-13-8-10-22(4)15-9-11-23(5)14(6-7-17(23)24)18(15)20-19(16(22)12-13)25-21(2,3)26-20;1-5-22(25)11-8-15-17-14(7-10-21(15,22)4)20(3)9-6-13(2)12-16(20)18(23)19(17)24;1-5-22(25)11-8-19-17(14-24)18(7-10-21(19,22)4)20(3)9-6-15(2)12-16(20)13-23;1-4-21(25)10-7-18-16(13-23)17(6-9-20(18,21)3)19(2)8-5-15(24)11-14(19)12-22;1-2-4-5-3-1;3-1-2-4;1-2;;;;;;/h1,15-21,26H,8-14H2,2-6H3;13-16,18-20H,6-12H2,1-5H3;1,13-19,23-25H,6-12H2,2-4H3;1,15-19,23-25H,6-14H2,2-4H3;1,14-18,22-25H,5-13H2,2-3H3;1-4H2;1-4H2;1H;5*1H4;/q;;;;;;;-1;;;;;;+1/t15-,16-,17-,18+,19?,20+,21+,23+,24-,25-;13-,14-,15-,16+,18?,19+,20+,22+,23-;13-,14-,15-,16+,17?,18+,19+,20+,21-,22-;15-,16+,17+,18-,19-,20-,21-,22-;14-,15+,16-,17+,18+,19+,20+,21+;;;;;;;;;/m00001........./s1. The molecule has 0 amide bonds. The monoisotopic (exact) mass is 2040 g/mol. The number of rotatable bonds is 7. The first-order valence-corrected chi connectivity index (χ1v) is 56.6. The molecular weight excluding hydrogens is 1820 g/mol. The number of terminal acetylenes is 5. The number of carbonyl (C=O) groups excluding carboxylic acids is 1. The summed E-state index contributed by atoms with van der Waals surface area (Å²) in [5.41, 5.74) is 5.17. The summed E-state index contributed by atoms with van der Waals surface area (Å²) < 4.78 is 31.4. The summed E-state index contributed by atoms with van der Waals surface area (Å²) in [6.45, 7) is 44.4. The Morgan fingerprint density at radius 1 is 0.336 bits per heavy atom. The van der Waals surface area contributed by atoms with E-state index >= 15 is 0 Å². The molecule has 3 aliphatic heterocycles. The smallest absolute Gasteiger partial charge is 0.697 e. The van der Waals surface area contributed by atoms with Crippen LogP contribution < -0.4 is 30.3 Å². The zero-order chi connectivity index (χ0) is 103. The van der Waals surface area contributed by atoms with Crippen molar-refractivity contribution in [3.05, 3.63) is 6.42 Å². The van der Waals surface area contributed by atoms with Crippen LogP contribution in [-0.2, 0) is 28.5 Å². The Morgan fingerprint density at radius 2 is 0.637 bits per heavy atom. The van der Waals surface area contributed by atoms with Gasteiger partial charge in [0.25, 0.3) is 0 Å². The Hall–Kier alpha value is -2.65. The van der Waals surface area contributed by atoms with Crippen LogP contribution in [0.15, 0.2) is 0 Å². The summed E-state index contributed by atoms with van der Waals surface area (Å²) >= 11 is 0. The van der Waals surface area contributed by atoms with Crippen molar-refractivity contribution in [2.24, 2.45) is 208 Å². The van der Waals surface area contributed by atoms with Crippen molar-refractivity contribution >= 4 is 5.78 Å². The van der Waals surface area contributed by atoms with Crippen molar-refractivity contribution in [1.82, 2.24) is 0 Å². The Labute approximate surface area is 902 Å². The fraction of sp³-hybridized carbons (Fsp3) is 0.913. The quantitative estimate of drug-likeness (QED) is 0.0640. The zero-order valence-corrected chi connectivity index (χ0v) is 91.1. The number of hydrogen-bond acceptors (Lipinski definition) is 19. The second-order valence-electron chi connectivity index (χ2n) is 54.5. The third-order valence-corrected chi connectivity index (χ3v) is 47.6. The first-order chi connectivity index (χ1) is 65.8. The van der Waals surface area contributed by atoms with Gasteiger partial charge in [0.1, 0.15) is 28.2 Å². The molecule has 21 rings (SSSR count). The van der Waals surface area contributed by atoms with Gasteiger partial charge in [-0.2, -0.15) is 0 Å². The van der Waals surface area contributed by atoms with Crippen LogP contribution in [0.1, 0.15) is 399 Å². The number of carbonyl (C=O) groups is 1. The van der Waals surface area contributed by atoms with Gasteiger partial charge in [-0.1, -0.05) is 183 Å². The molecule has 18 saturated carbocycles. The number of hydrogen-bond donors (Lipinski definition) is 13. The number of aliphatic hydroxyl groups excluding tert-OH is 7. The number of ether oxygens (including phenoxy) is 5. The molecule has 0 aromatic heterocycles. The van der Waals surface area contributed by atoms with Gasteiger partial charge < -0.3 is 104 Å². The molecule has 0 aromatic carbocycles. The molecule has 0 aromatic rings. The van der Waals surface area contributed by atoms with Crippen LogP contribution in [0.25, 0.3) is 0 Å². The molecule has 0 radical (unpaired) electrons. The molecule has 21 fully saturated rings. The molecule has 45 atom stereocenters. The van der Waals surface area contributed by atoms with E-state index in [1.807, 2.05) is 0 Å². The maximum absolute atomic E-state index is 12.8. The van der Waals surface area contributed by atoms with E-state index in [4.69, 9.17) is 67.3 Å². The van der Waals surface area contributed by atoms with Crippen molar-refractivity contribution in [1.29, 1.82) is 0 Å². The fourth-order valence-electron chi connectivity index (χ4n) is 38.8. The SMILES string of the molecule is C.C.C.C.C.C#C[C@]1(O)CC[C@H]2C3[C@@H](O)[C@H](O)[C@H]4C[C@@H](C)CC[C@]4(C)[C@H]3CC[C@@]21C.C#C[C@]1(O)CC[C@H]2C3[C@H]4OC(C)(C)O[C@@H]4[C@H]4C[C@@H](C)CC[C@]4(C)[C@H]3CC[C@@]21C.C#C[C@]1(O)CC[C@H]2[C@H](CO)[C@@H]([C@@]3(C)CC[C@H](C)C[C@@H]3CO)CC[C@@]21C.C#C[C@]1(O)CC[C@H]2[C@H](CO)[C@@H]([C@@]3(C)CC[C@H](O)C[C@@H]3CO)CC[C@@]21C.C1CCOC1.C[C@H]1CC[C@@]2(C)[C@H](C1)[C@H]1OC(C)(C)O[C@@H]1C1[C@@H]2CC[C@]2(C)C(=O)CC[C@@H]12.NCCN.[C-]#C.[Li+]. The van der Waals surface area contributed by atoms with E-state index in [1.165, 1.54) is 70.6 Å². The second-order valence-corrected chi connectivity index (χ2v) is 54.5. The molecule has 20 heteroatoms. The molecule has 3 unspecified atom stereocenters. The molecule has 832 valence electrons. The number of nitrogens with two attached hydrogens (primary N) is 2. The number of aliphatic hydroxyl groups is 11. The van der Waals surface area contributed by atoms with E-state index in [1.54, 1.807) is 0 Å². The van der Waals surface area contributed by atoms with Gasteiger partial charge in [0.05, 0.1) is 42.7 Å². The van der Waals surface area contributed by atoms with Gasteiger partial charge in [0, 0.05) is 86.2 Å². The molecule has 19 nitrogen and oxygen atoms in total.